The van der Waals surface area contributed by atoms with Gasteiger partial charge in [-0.1, -0.05) is 48.5 Å². The Labute approximate surface area is 412 Å². The van der Waals surface area contributed by atoms with Crippen LogP contribution in [0, 0.1) is 62.0 Å². The summed E-state index contributed by atoms with van der Waals surface area (Å²) in [7, 11) is 0. The van der Waals surface area contributed by atoms with E-state index in [9.17, 15) is 0 Å². The average Bonchev–Trinajstić information content (AvgIpc) is 3.86. The lowest BCUT2D eigenvalue weighted by atomic mass is 10.0. The van der Waals surface area contributed by atoms with Gasteiger partial charge in [-0.15, -0.1) is 0 Å². The van der Waals surface area contributed by atoms with Crippen molar-refractivity contribution in [3.8, 4) is 68.1 Å². The Morgan fingerprint density at radius 2 is 0.625 bits per heavy atom. The van der Waals surface area contributed by atoms with E-state index < -0.39 is 0 Å². The SMILES string of the molecule is [C-]#[N+]c1cc(-n2c3cc(-c4nc(C)nc(C)n4)ccc3c3ccc(-c4nc(C)nc(C)n4)cc32)c(-n2c3cc(-c4nc(C)nc(C)n4)ccc3c3ccc(-c4nc(C)nc(C)n4)cc32)cc1-c1ccncc1. The van der Waals surface area contributed by atoms with Gasteiger partial charge in [0.05, 0.1) is 40.0 Å². The molecule has 72 heavy (non-hydrogen) atoms. The monoisotopic (exact) mass is 938 g/mol. The number of rotatable bonds is 7. The van der Waals surface area contributed by atoms with Crippen LogP contribution >= 0.6 is 0 Å². The van der Waals surface area contributed by atoms with Crippen LogP contribution in [0.15, 0.2) is 109 Å². The zero-order chi connectivity index (χ0) is 49.5. The van der Waals surface area contributed by atoms with Crippen molar-refractivity contribution in [1.29, 1.82) is 0 Å². The molecule has 0 radical (unpaired) electrons. The van der Waals surface area contributed by atoms with E-state index >= 15 is 0 Å². The summed E-state index contributed by atoms with van der Waals surface area (Å²) in [5, 5.41) is 3.94. The summed E-state index contributed by atoms with van der Waals surface area (Å²) in [6.07, 6.45) is 3.50. The average molecular weight is 939 g/mol. The van der Waals surface area contributed by atoms with Gasteiger partial charge in [0, 0.05) is 56.2 Å². The second-order valence-corrected chi connectivity index (χ2v) is 17.8. The fourth-order valence-electron chi connectivity index (χ4n) is 9.87. The summed E-state index contributed by atoms with van der Waals surface area (Å²) >= 11 is 0. The van der Waals surface area contributed by atoms with Crippen LogP contribution in [0.2, 0.25) is 0 Å². The van der Waals surface area contributed by atoms with Gasteiger partial charge in [0.25, 0.3) is 0 Å². The van der Waals surface area contributed by atoms with Crippen LogP contribution in [-0.4, -0.2) is 73.9 Å². The number of aromatic nitrogens is 15. The second kappa shape index (κ2) is 16.8. The smallest absolute Gasteiger partial charge is 0.197 e. The van der Waals surface area contributed by atoms with Crippen LogP contribution in [-0.2, 0) is 0 Å². The van der Waals surface area contributed by atoms with Crippen molar-refractivity contribution < 1.29 is 0 Å². The van der Waals surface area contributed by atoms with Crippen LogP contribution in [0.1, 0.15) is 46.6 Å². The number of fused-ring (bicyclic) bond motifs is 6. The molecule has 0 amide bonds. The first-order valence-corrected chi connectivity index (χ1v) is 23.3. The predicted molar refractivity (Wildman–Crippen MR) is 278 cm³/mol. The summed E-state index contributed by atoms with van der Waals surface area (Å²) in [4.78, 5) is 64.9. The van der Waals surface area contributed by atoms with Crippen LogP contribution in [0.3, 0.4) is 0 Å². The molecule has 16 heteroatoms. The summed E-state index contributed by atoms with van der Waals surface area (Å²) in [5.74, 6) is 7.22. The number of hydrogen-bond acceptors (Lipinski definition) is 13. The highest BCUT2D eigenvalue weighted by Crippen LogP contribution is 2.45. The van der Waals surface area contributed by atoms with E-state index in [2.05, 4.69) is 118 Å². The third kappa shape index (κ3) is 7.51. The number of aryl methyl sites for hydroxylation is 8. The molecule has 0 fully saturated rings. The molecular formula is C56H42N16. The minimum atomic E-state index is 0.448. The molecule has 0 saturated carbocycles. The van der Waals surface area contributed by atoms with E-state index in [-0.39, 0.29) is 0 Å². The van der Waals surface area contributed by atoms with Gasteiger partial charge in [-0.2, -0.15) is 0 Å². The standard InChI is InChI=1S/C56H42N16/c1-28-59-29(2)64-53(63-28)37-10-14-41-42-15-11-38(54-65-30(3)60-31(4)66-54)23-48(42)71(47(41)22-37)51-26-45(36-18-20-58-21-19-36)46(57-9)27-52(51)72-49-24-39(55-67-32(5)61-33(6)68-55)12-16-43(49)44-17-13-40(25-50(44)72)56-69-34(7)62-35(8)70-56/h10-27H,1-8H3. The number of benzene rings is 5. The van der Waals surface area contributed by atoms with Crippen molar-refractivity contribution >= 4 is 49.3 Å². The second-order valence-electron chi connectivity index (χ2n) is 17.8. The molecule has 12 aromatic rings. The highest BCUT2D eigenvalue weighted by atomic mass is 15.1. The Hall–Kier alpha value is -9.62. The van der Waals surface area contributed by atoms with E-state index in [4.69, 9.17) is 46.4 Å². The fraction of sp³-hybridized carbons (Fsp3) is 0.143. The molecule has 0 unspecified atom stereocenters. The Morgan fingerprint density at radius 1 is 0.333 bits per heavy atom. The van der Waals surface area contributed by atoms with Crippen LogP contribution in [0.5, 0.6) is 0 Å². The number of pyridine rings is 1. The summed E-state index contributed by atoms with van der Waals surface area (Å²) in [5.41, 5.74) is 10.3. The Morgan fingerprint density at radius 3 is 0.917 bits per heavy atom. The molecule has 16 nitrogen and oxygen atoms in total. The van der Waals surface area contributed by atoms with Crippen LogP contribution in [0.25, 0.3) is 117 Å². The lowest BCUT2D eigenvalue weighted by Gasteiger charge is -2.20. The molecule has 0 saturated heterocycles. The molecule has 0 spiro atoms. The van der Waals surface area contributed by atoms with Crippen molar-refractivity contribution in [3.05, 3.63) is 167 Å². The topological polar surface area (TPSA) is 182 Å². The molecular weight excluding hydrogens is 897 g/mol. The van der Waals surface area contributed by atoms with Crippen molar-refractivity contribution in [2.24, 2.45) is 0 Å². The van der Waals surface area contributed by atoms with Crippen molar-refractivity contribution in [1.82, 2.24) is 73.9 Å². The van der Waals surface area contributed by atoms with Gasteiger partial charge in [-0.3, -0.25) is 4.98 Å². The molecule has 0 aliphatic carbocycles. The minimum Gasteiger partial charge on any atom is -0.308 e. The first kappa shape index (κ1) is 43.6. The Balaban J connectivity index is 1.26. The van der Waals surface area contributed by atoms with Gasteiger partial charge in [0.1, 0.15) is 46.6 Å². The molecule has 0 N–H and O–H groups in total. The third-order valence-corrected chi connectivity index (χ3v) is 12.7. The maximum absolute atomic E-state index is 8.79. The summed E-state index contributed by atoms with van der Waals surface area (Å²) in [6.45, 7) is 23.8. The van der Waals surface area contributed by atoms with Crippen LogP contribution < -0.4 is 0 Å². The van der Waals surface area contributed by atoms with Gasteiger partial charge >= 0.3 is 0 Å². The van der Waals surface area contributed by atoms with E-state index in [0.717, 1.165) is 88.4 Å². The Bertz CT molecular complexity index is 3980. The van der Waals surface area contributed by atoms with Gasteiger partial charge in [0.15, 0.2) is 29.0 Å². The molecule has 0 aliphatic heterocycles. The molecule has 7 heterocycles. The number of nitrogens with zero attached hydrogens (tertiary/aromatic N) is 16. The quantitative estimate of drug-likeness (QED) is 0.138. The molecule has 346 valence electrons. The van der Waals surface area contributed by atoms with E-state index in [1.807, 2.05) is 73.6 Å². The van der Waals surface area contributed by atoms with Crippen molar-refractivity contribution in [2.45, 2.75) is 55.4 Å². The lowest BCUT2D eigenvalue weighted by molar-refractivity contribution is 0.928. The molecule has 0 bridgehead atoms. The maximum atomic E-state index is 8.79. The predicted octanol–water partition coefficient (Wildman–Crippen LogP) is 11.4. The summed E-state index contributed by atoms with van der Waals surface area (Å²) < 4.78 is 4.51. The zero-order valence-corrected chi connectivity index (χ0v) is 40.5. The Kier molecular flexibility index (Phi) is 10.2. The lowest BCUT2D eigenvalue weighted by Crippen LogP contribution is -2.05. The third-order valence-electron chi connectivity index (χ3n) is 12.7. The van der Waals surface area contributed by atoms with E-state index in [1.165, 1.54) is 0 Å². The highest BCUT2D eigenvalue weighted by molar-refractivity contribution is 6.14. The molecule has 7 aromatic heterocycles. The molecule has 5 aromatic carbocycles. The minimum absolute atomic E-state index is 0.448. The fourth-order valence-corrected chi connectivity index (χ4v) is 9.87. The largest absolute Gasteiger partial charge is 0.308 e. The van der Waals surface area contributed by atoms with Crippen molar-refractivity contribution in [3.63, 3.8) is 0 Å². The molecule has 12 rings (SSSR count). The van der Waals surface area contributed by atoms with E-state index in [1.54, 1.807) is 12.4 Å². The van der Waals surface area contributed by atoms with Gasteiger partial charge < -0.3 is 9.13 Å². The first-order valence-electron chi connectivity index (χ1n) is 23.3. The first-order chi connectivity index (χ1) is 34.8. The van der Waals surface area contributed by atoms with Gasteiger partial charge in [-0.25, -0.2) is 64.7 Å². The molecule has 0 atom stereocenters. The molecule has 0 aliphatic rings. The van der Waals surface area contributed by atoms with Gasteiger partial charge in [-0.05, 0) is 115 Å². The zero-order valence-electron chi connectivity index (χ0n) is 40.5. The highest BCUT2D eigenvalue weighted by Gasteiger charge is 2.25. The maximum Gasteiger partial charge on any atom is 0.197 e. The normalized spacial score (nSPS) is 11.6. The number of hydrogen-bond donors (Lipinski definition) is 0. The summed E-state index contributed by atoms with van der Waals surface area (Å²) in [6, 6.07) is 33.2. The van der Waals surface area contributed by atoms with Crippen molar-refractivity contribution in [2.75, 3.05) is 0 Å². The van der Waals surface area contributed by atoms with Crippen LogP contribution in [0.4, 0.5) is 5.69 Å². The van der Waals surface area contributed by atoms with Gasteiger partial charge in [0.2, 0.25) is 0 Å². The van der Waals surface area contributed by atoms with E-state index in [0.29, 0.717) is 75.6 Å².